The molecule has 1 saturated heterocycles. The summed E-state index contributed by atoms with van der Waals surface area (Å²) in [5, 5.41) is 3.35. The van der Waals surface area contributed by atoms with Crippen LogP contribution in [0, 0.1) is 0 Å². The molecule has 112 valence electrons. The molecule has 1 aliphatic heterocycles. The van der Waals surface area contributed by atoms with Crippen molar-refractivity contribution in [2.24, 2.45) is 0 Å². The van der Waals surface area contributed by atoms with Crippen molar-refractivity contribution in [2.45, 2.75) is 6.92 Å². The number of aromatic nitrogens is 2. The van der Waals surface area contributed by atoms with E-state index < -0.39 is 0 Å². The molecular weight excluding hydrogens is 252 g/mol. The minimum atomic E-state index is 0.843. The maximum absolute atomic E-state index is 4.61. The van der Waals surface area contributed by atoms with Crippen LogP contribution in [0.1, 0.15) is 6.92 Å². The molecule has 6 heteroatoms. The number of nitrogens with one attached hydrogen (secondary N) is 1. The summed E-state index contributed by atoms with van der Waals surface area (Å²) in [6.07, 6.45) is 1.84. The van der Waals surface area contributed by atoms with Gasteiger partial charge < -0.3 is 20.0 Å². The van der Waals surface area contributed by atoms with Gasteiger partial charge in [0.05, 0.1) is 0 Å². The summed E-state index contributed by atoms with van der Waals surface area (Å²) in [5.41, 5.74) is 0. The summed E-state index contributed by atoms with van der Waals surface area (Å²) in [7, 11) is 4.14. The van der Waals surface area contributed by atoms with Crippen molar-refractivity contribution < 1.29 is 0 Å². The summed E-state index contributed by atoms with van der Waals surface area (Å²) in [6.45, 7) is 9.43. The fraction of sp³-hybridized carbons (Fsp3) is 0.714. The molecule has 0 radical (unpaired) electrons. The van der Waals surface area contributed by atoms with Gasteiger partial charge in [-0.15, -0.1) is 0 Å². The van der Waals surface area contributed by atoms with Gasteiger partial charge in [-0.1, -0.05) is 6.92 Å². The minimum absolute atomic E-state index is 0.843. The molecule has 2 rings (SSSR count). The first-order chi connectivity index (χ1) is 9.69. The number of rotatable bonds is 6. The fourth-order valence-electron chi connectivity index (χ4n) is 2.27. The molecule has 0 saturated carbocycles. The second-order valence-electron chi connectivity index (χ2n) is 5.39. The minimum Gasteiger partial charge on any atom is -0.369 e. The topological polar surface area (TPSA) is 47.5 Å². The van der Waals surface area contributed by atoms with E-state index in [1.54, 1.807) is 0 Å². The van der Waals surface area contributed by atoms with Gasteiger partial charge in [0, 0.05) is 45.5 Å². The first kappa shape index (κ1) is 15.0. The van der Waals surface area contributed by atoms with Gasteiger partial charge in [0.15, 0.2) is 0 Å². The Morgan fingerprint density at radius 3 is 2.65 bits per heavy atom. The van der Waals surface area contributed by atoms with Crippen LogP contribution in [0.4, 0.5) is 11.8 Å². The summed E-state index contributed by atoms with van der Waals surface area (Å²) < 4.78 is 0. The number of hydrogen-bond acceptors (Lipinski definition) is 6. The van der Waals surface area contributed by atoms with Gasteiger partial charge in [-0.3, -0.25) is 0 Å². The molecule has 1 aromatic heterocycles. The van der Waals surface area contributed by atoms with Crippen molar-refractivity contribution in [3.8, 4) is 0 Å². The van der Waals surface area contributed by atoms with Gasteiger partial charge in [0.1, 0.15) is 5.82 Å². The zero-order valence-electron chi connectivity index (χ0n) is 12.8. The van der Waals surface area contributed by atoms with Crippen molar-refractivity contribution >= 4 is 11.8 Å². The Morgan fingerprint density at radius 2 is 2.00 bits per heavy atom. The average molecular weight is 278 g/mol. The summed E-state index contributed by atoms with van der Waals surface area (Å²) in [6, 6.07) is 1.93. The highest BCUT2D eigenvalue weighted by Crippen LogP contribution is 2.13. The molecule has 0 atom stereocenters. The Bertz CT molecular complexity index is 400. The number of piperazine rings is 1. The Hall–Kier alpha value is -1.40. The predicted octanol–water partition coefficient (Wildman–Crippen LogP) is 0.592. The van der Waals surface area contributed by atoms with Crippen LogP contribution in [0.2, 0.25) is 0 Å². The largest absolute Gasteiger partial charge is 0.369 e. The van der Waals surface area contributed by atoms with E-state index in [0.717, 1.165) is 57.6 Å². The van der Waals surface area contributed by atoms with Crippen LogP contribution in [0.3, 0.4) is 0 Å². The Morgan fingerprint density at radius 1 is 1.25 bits per heavy atom. The summed E-state index contributed by atoms with van der Waals surface area (Å²) in [4.78, 5) is 15.9. The molecule has 1 fully saturated rings. The molecule has 0 amide bonds. The maximum atomic E-state index is 4.61. The van der Waals surface area contributed by atoms with Crippen molar-refractivity contribution in [1.29, 1.82) is 0 Å². The lowest BCUT2D eigenvalue weighted by atomic mass is 10.3. The van der Waals surface area contributed by atoms with Crippen molar-refractivity contribution in [3.05, 3.63) is 12.3 Å². The molecule has 2 heterocycles. The highest BCUT2D eigenvalue weighted by Gasteiger charge is 2.17. The average Bonchev–Trinajstić information content (AvgIpc) is 2.47. The van der Waals surface area contributed by atoms with E-state index in [4.69, 9.17) is 0 Å². The first-order valence-electron chi connectivity index (χ1n) is 7.38. The molecule has 6 nitrogen and oxygen atoms in total. The van der Waals surface area contributed by atoms with Crippen LogP contribution in [0.15, 0.2) is 12.3 Å². The lowest BCUT2D eigenvalue weighted by Crippen LogP contribution is -2.46. The highest BCUT2D eigenvalue weighted by atomic mass is 15.3. The molecule has 20 heavy (non-hydrogen) atoms. The van der Waals surface area contributed by atoms with Gasteiger partial charge in [-0.05, 0) is 26.7 Å². The van der Waals surface area contributed by atoms with E-state index in [1.807, 2.05) is 12.3 Å². The molecular formula is C14H26N6. The van der Waals surface area contributed by atoms with Crippen LogP contribution in [0.25, 0.3) is 0 Å². The van der Waals surface area contributed by atoms with E-state index in [-0.39, 0.29) is 0 Å². The third-order valence-corrected chi connectivity index (χ3v) is 3.61. The zero-order valence-corrected chi connectivity index (χ0v) is 12.8. The van der Waals surface area contributed by atoms with Gasteiger partial charge in [-0.25, -0.2) is 4.98 Å². The van der Waals surface area contributed by atoms with Crippen LogP contribution < -0.4 is 10.2 Å². The van der Waals surface area contributed by atoms with Crippen molar-refractivity contribution in [1.82, 2.24) is 19.8 Å². The van der Waals surface area contributed by atoms with E-state index in [1.165, 1.54) is 0 Å². The summed E-state index contributed by atoms with van der Waals surface area (Å²) in [5.74, 6) is 1.75. The number of hydrogen-bond donors (Lipinski definition) is 1. The van der Waals surface area contributed by atoms with Gasteiger partial charge in [0.2, 0.25) is 5.95 Å². The van der Waals surface area contributed by atoms with Crippen LogP contribution >= 0.6 is 0 Å². The van der Waals surface area contributed by atoms with Gasteiger partial charge >= 0.3 is 0 Å². The molecule has 1 aromatic rings. The SMILES string of the molecule is CCN1CCN(c2nccc(NCCN(C)C)n2)CC1. The fourth-order valence-corrected chi connectivity index (χ4v) is 2.27. The monoisotopic (exact) mass is 278 g/mol. The third-order valence-electron chi connectivity index (χ3n) is 3.61. The first-order valence-corrected chi connectivity index (χ1v) is 7.38. The Kier molecular flexibility index (Phi) is 5.55. The van der Waals surface area contributed by atoms with Crippen molar-refractivity contribution in [2.75, 3.05) is 70.1 Å². The molecule has 1 aliphatic rings. The normalized spacial score (nSPS) is 16.7. The van der Waals surface area contributed by atoms with E-state index in [9.17, 15) is 0 Å². The smallest absolute Gasteiger partial charge is 0.227 e. The molecule has 1 N–H and O–H groups in total. The van der Waals surface area contributed by atoms with Crippen molar-refractivity contribution in [3.63, 3.8) is 0 Å². The second kappa shape index (κ2) is 7.40. The standard InChI is InChI=1S/C14H26N6/c1-4-19-9-11-20(12-10-19)14-16-6-5-13(17-14)15-7-8-18(2)3/h5-6H,4,7-12H2,1-3H3,(H,15,16,17). The van der Waals surface area contributed by atoms with Crippen LogP contribution in [-0.2, 0) is 0 Å². The van der Waals surface area contributed by atoms with Gasteiger partial charge in [-0.2, -0.15) is 4.98 Å². The molecule has 0 bridgehead atoms. The number of anilines is 2. The lowest BCUT2D eigenvalue weighted by Gasteiger charge is -2.34. The second-order valence-corrected chi connectivity index (χ2v) is 5.39. The zero-order chi connectivity index (χ0) is 14.4. The third kappa shape index (κ3) is 4.31. The molecule has 0 aromatic carbocycles. The molecule has 0 aliphatic carbocycles. The summed E-state index contributed by atoms with van der Waals surface area (Å²) >= 11 is 0. The predicted molar refractivity (Wildman–Crippen MR) is 83.4 cm³/mol. The Balaban J connectivity index is 1.89. The number of nitrogens with zero attached hydrogens (tertiary/aromatic N) is 5. The molecule has 0 unspecified atom stereocenters. The van der Waals surface area contributed by atoms with Crippen LogP contribution in [0.5, 0.6) is 0 Å². The lowest BCUT2D eigenvalue weighted by molar-refractivity contribution is 0.270. The Labute approximate surface area is 121 Å². The molecule has 0 spiro atoms. The van der Waals surface area contributed by atoms with Crippen LogP contribution in [-0.4, -0.2) is 79.7 Å². The van der Waals surface area contributed by atoms with E-state index >= 15 is 0 Å². The quantitative estimate of drug-likeness (QED) is 0.822. The van der Waals surface area contributed by atoms with E-state index in [0.29, 0.717) is 0 Å². The van der Waals surface area contributed by atoms with E-state index in [2.05, 4.69) is 51.0 Å². The number of likely N-dealkylation sites (N-methyl/N-ethyl adjacent to an activating group) is 2. The van der Waals surface area contributed by atoms with Gasteiger partial charge in [0.25, 0.3) is 0 Å². The highest BCUT2D eigenvalue weighted by molar-refractivity contribution is 5.41. The maximum Gasteiger partial charge on any atom is 0.227 e.